The Hall–Kier alpha value is -1.66. The van der Waals surface area contributed by atoms with Gasteiger partial charge in [-0.2, -0.15) is 0 Å². The SMILES string of the molecule is CC(C)CC(=O)Nc1nc2ccc(N3CCOCC3)cc2s1. The topological polar surface area (TPSA) is 54.5 Å². The van der Waals surface area contributed by atoms with Crippen LogP contribution in [0.1, 0.15) is 20.3 Å². The minimum absolute atomic E-state index is 0.0301. The summed E-state index contributed by atoms with van der Waals surface area (Å²) in [7, 11) is 0. The van der Waals surface area contributed by atoms with Crippen LogP contribution in [0.5, 0.6) is 0 Å². The van der Waals surface area contributed by atoms with Gasteiger partial charge in [-0.1, -0.05) is 25.2 Å². The van der Waals surface area contributed by atoms with Crippen LogP contribution in [0, 0.1) is 5.92 Å². The van der Waals surface area contributed by atoms with E-state index < -0.39 is 0 Å². The second-order valence-corrected chi connectivity index (χ2v) is 6.95. The van der Waals surface area contributed by atoms with Crippen LogP contribution in [0.15, 0.2) is 18.2 Å². The van der Waals surface area contributed by atoms with Crippen molar-refractivity contribution in [2.75, 3.05) is 36.5 Å². The number of carbonyl (C=O) groups excluding carboxylic acids is 1. The molecule has 1 saturated heterocycles. The van der Waals surface area contributed by atoms with Crippen LogP contribution in [0.3, 0.4) is 0 Å². The molecule has 0 aliphatic carbocycles. The van der Waals surface area contributed by atoms with Gasteiger partial charge in [0.25, 0.3) is 0 Å². The highest BCUT2D eigenvalue weighted by Crippen LogP contribution is 2.30. The molecule has 1 N–H and O–H groups in total. The molecule has 3 rings (SSSR count). The van der Waals surface area contributed by atoms with Crippen LogP contribution >= 0.6 is 11.3 Å². The van der Waals surface area contributed by atoms with Crippen molar-refractivity contribution in [3.63, 3.8) is 0 Å². The van der Waals surface area contributed by atoms with Crippen LogP contribution in [0.2, 0.25) is 0 Å². The second kappa shape index (κ2) is 6.62. The zero-order valence-electron chi connectivity index (χ0n) is 13.0. The lowest BCUT2D eigenvalue weighted by atomic mass is 10.1. The molecule has 1 fully saturated rings. The van der Waals surface area contributed by atoms with E-state index in [0.717, 1.165) is 36.5 Å². The monoisotopic (exact) mass is 319 g/mol. The summed E-state index contributed by atoms with van der Waals surface area (Å²) >= 11 is 1.53. The maximum absolute atomic E-state index is 11.8. The molecule has 22 heavy (non-hydrogen) atoms. The average Bonchev–Trinajstić information content (AvgIpc) is 2.88. The summed E-state index contributed by atoms with van der Waals surface area (Å²) < 4.78 is 6.49. The van der Waals surface area contributed by atoms with Crippen molar-refractivity contribution in [3.8, 4) is 0 Å². The number of thiazole rings is 1. The lowest BCUT2D eigenvalue weighted by Crippen LogP contribution is -2.36. The summed E-state index contributed by atoms with van der Waals surface area (Å²) in [6.45, 7) is 7.46. The Labute approximate surface area is 134 Å². The highest BCUT2D eigenvalue weighted by molar-refractivity contribution is 7.22. The zero-order chi connectivity index (χ0) is 15.5. The smallest absolute Gasteiger partial charge is 0.226 e. The first kappa shape index (κ1) is 15.2. The van der Waals surface area contributed by atoms with Gasteiger partial charge in [-0.3, -0.25) is 4.79 Å². The normalized spacial score (nSPS) is 15.5. The first-order chi connectivity index (χ1) is 10.6. The fourth-order valence-electron chi connectivity index (χ4n) is 2.53. The van der Waals surface area contributed by atoms with Crippen LogP contribution in [-0.2, 0) is 9.53 Å². The van der Waals surface area contributed by atoms with Gasteiger partial charge in [0, 0.05) is 25.2 Å². The van der Waals surface area contributed by atoms with Crippen molar-refractivity contribution in [3.05, 3.63) is 18.2 Å². The van der Waals surface area contributed by atoms with E-state index in [2.05, 4.69) is 27.3 Å². The van der Waals surface area contributed by atoms with E-state index in [1.54, 1.807) is 0 Å². The fourth-order valence-corrected chi connectivity index (χ4v) is 3.44. The number of aromatic nitrogens is 1. The van der Waals surface area contributed by atoms with Gasteiger partial charge in [-0.05, 0) is 24.1 Å². The number of hydrogen-bond acceptors (Lipinski definition) is 5. The number of anilines is 2. The Morgan fingerprint density at radius 1 is 1.41 bits per heavy atom. The van der Waals surface area contributed by atoms with E-state index in [-0.39, 0.29) is 5.91 Å². The number of nitrogens with zero attached hydrogens (tertiary/aromatic N) is 2. The van der Waals surface area contributed by atoms with Crippen LogP contribution in [-0.4, -0.2) is 37.2 Å². The van der Waals surface area contributed by atoms with Crippen LogP contribution in [0.4, 0.5) is 10.8 Å². The van der Waals surface area contributed by atoms with Gasteiger partial charge in [-0.25, -0.2) is 4.98 Å². The Balaban J connectivity index is 1.76. The summed E-state index contributed by atoms with van der Waals surface area (Å²) in [5, 5.41) is 3.58. The van der Waals surface area contributed by atoms with E-state index in [9.17, 15) is 4.79 Å². The molecule has 2 heterocycles. The molecule has 2 aromatic rings. The van der Waals surface area contributed by atoms with Gasteiger partial charge >= 0.3 is 0 Å². The molecule has 0 spiro atoms. The maximum atomic E-state index is 11.8. The van der Waals surface area contributed by atoms with Gasteiger partial charge in [0.15, 0.2) is 5.13 Å². The molecule has 0 radical (unpaired) electrons. The summed E-state index contributed by atoms with van der Waals surface area (Å²) in [5.41, 5.74) is 2.13. The summed E-state index contributed by atoms with van der Waals surface area (Å²) in [4.78, 5) is 18.7. The quantitative estimate of drug-likeness (QED) is 0.941. The molecule has 1 aliphatic heterocycles. The van der Waals surface area contributed by atoms with Crippen molar-refractivity contribution in [2.24, 2.45) is 5.92 Å². The van der Waals surface area contributed by atoms with E-state index in [1.165, 1.54) is 17.0 Å². The van der Waals surface area contributed by atoms with Crippen molar-refractivity contribution >= 4 is 38.3 Å². The number of fused-ring (bicyclic) bond motifs is 1. The Morgan fingerprint density at radius 2 is 2.18 bits per heavy atom. The largest absolute Gasteiger partial charge is 0.378 e. The number of carbonyl (C=O) groups is 1. The first-order valence-electron chi connectivity index (χ1n) is 7.65. The lowest BCUT2D eigenvalue weighted by molar-refractivity contribution is -0.116. The van der Waals surface area contributed by atoms with Gasteiger partial charge < -0.3 is 15.0 Å². The van der Waals surface area contributed by atoms with E-state index in [1.807, 2.05) is 19.9 Å². The predicted octanol–water partition coefficient (Wildman–Crippen LogP) is 3.12. The minimum Gasteiger partial charge on any atom is -0.378 e. The third-order valence-corrected chi connectivity index (χ3v) is 4.52. The molecule has 0 unspecified atom stereocenters. The van der Waals surface area contributed by atoms with E-state index in [4.69, 9.17) is 4.74 Å². The molecule has 1 aromatic heterocycles. The van der Waals surface area contributed by atoms with Gasteiger partial charge in [-0.15, -0.1) is 0 Å². The zero-order valence-corrected chi connectivity index (χ0v) is 13.8. The maximum Gasteiger partial charge on any atom is 0.226 e. The van der Waals surface area contributed by atoms with Crippen molar-refractivity contribution < 1.29 is 9.53 Å². The average molecular weight is 319 g/mol. The third kappa shape index (κ3) is 3.56. The van der Waals surface area contributed by atoms with Crippen LogP contribution < -0.4 is 10.2 Å². The fraction of sp³-hybridized carbons (Fsp3) is 0.500. The molecule has 1 amide bonds. The Kier molecular flexibility index (Phi) is 4.59. The van der Waals surface area contributed by atoms with Crippen molar-refractivity contribution in [1.29, 1.82) is 0 Å². The molecule has 0 bridgehead atoms. The van der Waals surface area contributed by atoms with Gasteiger partial charge in [0.1, 0.15) is 0 Å². The van der Waals surface area contributed by atoms with Crippen molar-refractivity contribution in [1.82, 2.24) is 4.98 Å². The Morgan fingerprint density at radius 3 is 2.91 bits per heavy atom. The number of benzene rings is 1. The molecular weight excluding hydrogens is 298 g/mol. The molecule has 0 atom stereocenters. The number of nitrogens with one attached hydrogen (secondary N) is 1. The van der Waals surface area contributed by atoms with E-state index in [0.29, 0.717) is 17.5 Å². The highest BCUT2D eigenvalue weighted by atomic mass is 32.1. The first-order valence-corrected chi connectivity index (χ1v) is 8.46. The van der Waals surface area contributed by atoms with Crippen molar-refractivity contribution in [2.45, 2.75) is 20.3 Å². The summed E-state index contributed by atoms with van der Waals surface area (Å²) in [6.07, 6.45) is 0.523. The summed E-state index contributed by atoms with van der Waals surface area (Å²) in [6, 6.07) is 6.26. The highest BCUT2D eigenvalue weighted by Gasteiger charge is 2.14. The molecule has 1 aromatic carbocycles. The molecular formula is C16H21N3O2S. The van der Waals surface area contributed by atoms with Crippen LogP contribution in [0.25, 0.3) is 10.2 Å². The standard InChI is InChI=1S/C16H21N3O2S/c1-11(2)9-15(20)18-16-17-13-4-3-12(10-14(13)22-16)19-5-7-21-8-6-19/h3-4,10-11H,5-9H2,1-2H3,(H,17,18,20). The minimum atomic E-state index is 0.0301. The number of hydrogen-bond donors (Lipinski definition) is 1. The number of ether oxygens (including phenoxy) is 1. The molecule has 0 saturated carbocycles. The second-order valence-electron chi connectivity index (χ2n) is 5.92. The number of amides is 1. The molecule has 6 heteroatoms. The Bertz CT molecular complexity index is 662. The van der Waals surface area contributed by atoms with Gasteiger partial charge in [0.05, 0.1) is 23.4 Å². The third-order valence-electron chi connectivity index (χ3n) is 3.59. The lowest BCUT2D eigenvalue weighted by Gasteiger charge is -2.28. The predicted molar refractivity (Wildman–Crippen MR) is 90.7 cm³/mol. The van der Waals surface area contributed by atoms with Gasteiger partial charge in [0.2, 0.25) is 5.91 Å². The number of morpholine rings is 1. The molecule has 118 valence electrons. The number of rotatable bonds is 4. The molecule has 1 aliphatic rings. The van der Waals surface area contributed by atoms with E-state index >= 15 is 0 Å². The molecule has 5 nitrogen and oxygen atoms in total. The summed E-state index contributed by atoms with van der Waals surface area (Å²) in [5.74, 6) is 0.379.